The molecule has 1 amide bonds. The molecule has 7 heteroatoms. The molecule has 0 saturated carbocycles. The molecule has 0 aliphatic rings. The van der Waals surface area contributed by atoms with Crippen molar-refractivity contribution in [3.63, 3.8) is 0 Å². The lowest BCUT2D eigenvalue weighted by molar-refractivity contribution is -0.121. The van der Waals surface area contributed by atoms with Crippen molar-refractivity contribution in [3.05, 3.63) is 59.9 Å². The number of amides is 1. The van der Waals surface area contributed by atoms with Crippen LogP contribution in [0.3, 0.4) is 0 Å². The van der Waals surface area contributed by atoms with E-state index >= 15 is 0 Å². The minimum atomic E-state index is -3.74. The first-order chi connectivity index (χ1) is 11.8. The van der Waals surface area contributed by atoms with Crippen molar-refractivity contribution < 1.29 is 13.2 Å². The number of carbonyl (C=O) groups is 1. The zero-order valence-electron chi connectivity index (χ0n) is 14.6. The SMILES string of the molecule is CCC(NC(=O)CN(C)S(=O)(=O)c1cccnc1)c1ccc(C)cc1. The van der Waals surface area contributed by atoms with Crippen LogP contribution >= 0.6 is 0 Å². The summed E-state index contributed by atoms with van der Waals surface area (Å²) in [6.07, 6.45) is 3.48. The van der Waals surface area contributed by atoms with Gasteiger partial charge in [0.15, 0.2) is 0 Å². The standard InChI is InChI=1S/C18H23N3O3S/c1-4-17(15-9-7-14(2)8-10-15)20-18(22)13-21(3)25(23,24)16-6-5-11-19-12-16/h5-12,17H,4,13H2,1-3H3,(H,20,22). The molecule has 25 heavy (non-hydrogen) atoms. The molecule has 0 saturated heterocycles. The molecule has 2 rings (SSSR count). The van der Waals surface area contributed by atoms with Crippen LogP contribution < -0.4 is 5.32 Å². The second-order valence-electron chi connectivity index (χ2n) is 5.89. The molecule has 134 valence electrons. The third-order valence-corrected chi connectivity index (χ3v) is 5.72. The van der Waals surface area contributed by atoms with Crippen molar-refractivity contribution in [2.75, 3.05) is 13.6 Å². The topological polar surface area (TPSA) is 79.4 Å². The maximum atomic E-state index is 12.4. The van der Waals surface area contributed by atoms with E-state index in [1.165, 1.54) is 25.5 Å². The molecule has 0 aliphatic heterocycles. The smallest absolute Gasteiger partial charge is 0.244 e. The Morgan fingerprint density at radius 3 is 2.48 bits per heavy atom. The number of hydrogen-bond acceptors (Lipinski definition) is 4. The number of hydrogen-bond donors (Lipinski definition) is 1. The fourth-order valence-corrected chi connectivity index (χ4v) is 3.52. The number of nitrogens with zero attached hydrogens (tertiary/aromatic N) is 2. The van der Waals surface area contributed by atoms with E-state index in [1.54, 1.807) is 6.07 Å². The van der Waals surface area contributed by atoms with Crippen LogP contribution in [0.2, 0.25) is 0 Å². The molecule has 1 N–H and O–H groups in total. The first-order valence-corrected chi connectivity index (χ1v) is 9.51. The van der Waals surface area contributed by atoms with Gasteiger partial charge in [0.05, 0.1) is 12.6 Å². The molecule has 1 aromatic carbocycles. The highest BCUT2D eigenvalue weighted by atomic mass is 32.2. The Hall–Kier alpha value is -2.25. The van der Waals surface area contributed by atoms with Gasteiger partial charge in [0, 0.05) is 19.4 Å². The van der Waals surface area contributed by atoms with Crippen molar-refractivity contribution in [1.29, 1.82) is 0 Å². The monoisotopic (exact) mass is 361 g/mol. The predicted molar refractivity (Wildman–Crippen MR) is 96.4 cm³/mol. The summed E-state index contributed by atoms with van der Waals surface area (Å²) in [6, 6.07) is 10.8. The zero-order valence-corrected chi connectivity index (χ0v) is 15.5. The molecule has 1 atom stereocenters. The molecule has 6 nitrogen and oxygen atoms in total. The van der Waals surface area contributed by atoms with Crippen molar-refractivity contribution in [2.24, 2.45) is 0 Å². The Morgan fingerprint density at radius 1 is 1.24 bits per heavy atom. The zero-order chi connectivity index (χ0) is 18.4. The summed E-state index contributed by atoms with van der Waals surface area (Å²) in [5.74, 6) is -0.345. The molecular formula is C18H23N3O3S. The Morgan fingerprint density at radius 2 is 1.92 bits per heavy atom. The first kappa shape index (κ1) is 19.1. The van der Waals surface area contributed by atoms with Crippen LogP contribution in [0.25, 0.3) is 0 Å². The summed E-state index contributed by atoms with van der Waals surface area (Å²) >= 11 is 0. The van der Waals surface area contributed by atoms with Crippen LogP contribution in [-0.4, -0.2) is 37.2 Å². The highest BCUT2D eigenvalue weighted by Crippen LogP contribution is 2.17. The molecule has 0 fully saturated rings. The van der Waals surface area contributed by atoms with Crippen LogP contribution in [0, 0.1) is 6.92 Å². The summed E-state index contributed by atoms with van der Waals surface area (Å²) in [5, 5.41) is 2.90. The molecule has 1 heterocycles. The first-order valence-electron chi connectivity index (χ1n) is 8.07. The van der Waals surface area contributed by atoms with Crippen molar-refractivity contribution in [3.8, 4) is 0 Å². The van der Waals surface area contributed by atoms with E-state index in [9.17, 15) is 13.2 Å². The van der Waals surface area contributed by atoms with Gasteiger partial charge in [0.25, 0.3) is 0 Å². The molecule has 0 aliphatic carbocycles. The second-order valence-corrected chi connectivity index (χ2v) is 7.93. The summed E-state index contributed by atoms with van der Waals surface area (Å²) < 4.78 is 25.9. The van der Waals surface area contributed by atoms with Crippen molar-refractivity contribution in [1.82, 2.24) is 14.6 Å². The lowest BCUT2D eigenvalue weighted by Crippen LogP contribution is -2.39. The van der Waals surface area contributed by atoms with E-state index < -0.39 is 10.0 Å². The van der Waals surface area contributed by atoms with E-state index in [4.69, 9.17) is 0 Å². The third kappa shape index (κ3) is 4.87. The average Bonchev–Trinajstić information content (AvgIpc) is 2.61. The highest BCUT2D eigenvalue weighted by molar-refractivity contribution is 7.89. The maximum absolute atomic E-state index is 12.4. The molecule has 2 aromatic rings. The Labute approximate surface area is 148 Å². The van der Waals surface area contributed by atoms with E-state index in [1.807, 2.05) is 38.1 Å². The quantitative estimate of drug-likeness (QED) is 0.820. The van der Waals surface area contributed by atoms with E-state index in [2.05, 4.69) is 10.3 Å². The van der Waals surface area contributed by atoms with Gasteiger partial charge in [-0.2, -0.15) is 4.31 Å². The Kier molecular flexibility index (Phi) is 6.27. The number of rotatable bonds is 7. The highest BCUT2D eigenvalue weighted by Gasteiger charge is 2.24. The lowest BCUT2D eigenvalue weighted by atomic mass is 10.0. The predicted octanol–water partition coefficient (Wildman–Crippen LogP) is 2.28. The summed E-state index contributed by atoms with van der Waals surface area (Å²) in [7, 11) is -2.35. The van der Waals surface area contributed by atoms with Crippen molar-refractivity contribution in [2.45, 2.75) is 31.2 Å². The summed E-state index contributed by atoms with van der Waals surface area (Å²) in [6.45, 7) is 3.72. The summed E-state index contributed by atoms with van der Waals surface area (Å²) in [4.78, 5) is 16.2. The number of nitrogens with one attached hydrogen (secondary N) is 1. The lowest BCUT2D eigenvalue weighted by Gasteiger charge is -2.21. The molecule has 0 radical (unpaired) electrons. The van der Waals surface area contributed by atoms with Gasteiger partial charge in [-0.15, -0.1) is 0 Å². The molecule has 1 unspecified atom stereocenters. The Bertz CT molecular complexity index is 805. The number of likely N-dealkylation sites (N-methyl/N-ethyl adjacent to an activating group) is 1. The van der Waals surface area contributed by atoms with Gasteiger partial charge in [-0.25, -0.2) is 8.42 Å². The van der Waals surface area contributed by atoms with Gasteiger partial charge in [-0.3, -0.25) is 9.78 Å². The van der Waals surface area contributed by atoms with Gasteiger partial charge < -0.3 is 5.32 Å². The number of sulfonamides is 1. The minimum Gasteiger partial charge on any atom is -0.348 e. The largest absolute Gasteiger partial charge is 0.348 e. The van der Waals surface area contributed by atoms with Crippen LogP contribution in [0.15, 0.2) is 53.7 Å². The van der Waals surface area contributed by atoms with Crippen LogP contribution in [0.1, 0.15) is 30.5 Å². The average molecular weight is 361 g/mol. The van der Waals surface area contributed by atoms with Gasteiger partial charge in [0.1, 0.15) is 4.90 Å². The van der Waals surface area contributed by atoms with Gasteiger partial charge in [-0.1, -0.05) is 36.8 Å². The molecule has 0 bridgehead atoms. The fraction of sp³-hybridized carbons (Fsp3) is 0.333. The number of pyridine rings is 1. The van der Waals surface area contributed by atoms with Crippen LogP contribution in [0.4, 0.5) is 0 Å². The van der Waals surface area contributed by atoms with E-state index in [0.29, 0.717) is 6.42 Å². The van der Waals surface area contributed by atoms with E-state index in [0.717, 1.165) is 15.4 Å². The maximum Gasteiger partial charge on any atom is 0.244 e. The third-order valence-electron chi connectivity index (χ3n) is 3.93. The van der Waals surface area contributed by atoms with Crippen LogP contribution in [-0.2, 0) is 14.8 Å². The second kappa shape index (κ2) is 8.22. The fourth-order valence-electron chi connectivity index (χ4n) is 2.43. The van der Waals surface area contributed by atoms with Gasteiger partial charge in [-0.05, 0) is 31.0 Å². The van der Waals surface area contributed by atoms with Crippen molar-refractivity contribution >= 4 is 15.9 Å². The van der Waals surface area contributed by atoms with E-state index in [-0.39, 0.29) is 23.4 Å². The molecule has 1 aromatic heterocycles. The summed E-state index contributed by atoms with van der Waals surface area (Å²) in [5.41, 5.74) is 2.14. The molecular weight excluding hydrogens is 338 g/mol. The van der Waals surface area contributed by atoms with Gasteiger partial charge >= 0.3 is 0 Å². The number of aryl methyl sites for hydroxylation is 1. The Balaban J connectivity index is 2.04. The number of aromatic nitrogens is 1. The number of benzene rings is 1. The van der Waals surface area contributed by atoms with Gasteiger partial charge in [0.2, 0.25) is 15.9 Å². The number of carbonyl (C=O) groups excluding carboxylic acids is 1. The molecule has 0 spiro atoms. The van der Waals surface area contributed by atoms with Crippen LogP contribution in [0.5, 0.6) is 0 Å². The minimum absolute atomic E-state index is 0.0656. The normalized spacial score (nSPS) is 12.8.